The third-order valence-corrected chi connectivity index (χ3v) is 4.99. The van der Waals surface area contributed by atoms with Crippen LogP contribution in [0.5, 0.6) is 11.5 Å². The van der Waals surface area contributed by atoms with E-state index in [0.29, 0.717) is 16.6 Å². The van der Waals surface area contributed by atoms with Crippen molar-refractivity contribution in [3.05, 3.63) is 27.1 Å². The highest BCUT2D eigenvalue weighted by Gasteiger charge is 2.41. The highest BCUT2D eigenvalue weighted by atomic mass is 79.9. The molecule has 1 unspecified atom stereocenters. The van der Waals surface area contributed by atoms with Crippen molar-refractivity contribution in [3.63, 3.8) is 0 Å². The molecule has 134 valence electrons. The van der Waals surface area contributed by atoms with Crippen LogP contribution in [0.3, 0.4) is 0 Å². The van der Waals surface area contributed by atoms with E-state index >= 15 is 0 Å². The quantitative estimate of drug-likeness (QED) is 0.567. The van der Waals surface area contributed by atoms with E-state index in [9.17, 15) is 19.5 Å². The molecule has 1 aromatic carbocycles. The first-order valence-corrected chi connectivity index (χ1v) is 8.91. The number of aromatic hydroxyl groups is 1. The van der Waals surface area contributed by atoms with E-state index in [-0.39, 0.29) is 16.4 Å². The average Bonchev–Trinajstić information content (AvgIpc) is 2.84. The number of imide groups is 1. The summed E-state index contributed by atoms with van der Waals surface area (Å²) in [7, 11) is 1.19. The van der Waals surface area contributed by atoms with Gasteiger partial charge in [-0.25, -0.2) is 4.79 Å². The number of halogens is 1. The van der Waals surface area contributed by atoms with Crippen molar-refractivity contribution in [1.82, 2.24) is 4.90 Å². The highest BCUT2D eigenvalue weighted by Crippen LogP contribution is 2.38. The standard InChI is InChI=1S/C16H16BrNO6S/c1-4-24-12-5-9(10(17)7-11(12)19)6-13-14(20)18(16(22)25-13)8(2)15(21)23-3/h5-8,19H,4H2,1-3H3/b13-6+. The summed E-state index contributed by atoms with van der Waals surface area (Å²) < 4.78 is 10.4. The number of rotatable bonds is 5. The molecule has 1 aliphatic heterocycles. The number of phenols is 1. The van der Waals surface area contributed by atoms with E-state index in [1.807, 2.05) is 0 Å². The van der Waals surface area contributed by atoms with Gasteiger partial charge < -0.3 is 14.6 Å². The molecule has 1 saturated heterocycles. The van der Waals surface area contributed by atoms with E-state index in [1.165, 1.54) is 26.2 Å². The Balaban J connectivity index is 2.36. The number of methoxy groups -OCH3 is 1. The SMILES string of the molecule is CCOc1cc(/C=C2/SC(=O)N(C(C)C(=O)OC)C2=O)c(Br)cc1O. The predicted molar refractivity (Wildman–Crippen MR) is 96.3 cm³/mol. The number of hydrogen-bond acceptors (Lipinski definition) is 7. The van der Waals surface area contributed by atoms with Crippen molar-refractivity contribution in [1.29, 1.82) is 0 Å². The molecule has 9 heteroatoms. The number of benzene rings is 1. The van der Waals surface area contributed by atoms with Crippen LogP contribution in [0.2, 0.25) is 0 Å². The molecule has 0 bridgehead atoms. The van der Waals surface area contributed by atoms with Gasteiger partial charge in [-0.2, -0.15) is 0 Å². The Morgan fingerprint density at radius 1 is 1.44 bits per heavy atom. The minimum Gasteiger partial charge on any atom is -0.504 e. The van der Waals surface area contributed by atoms with E-state index in [1.54, 1.807) is 13.0 Å². The smallest absolute Gasteiger partial charge is 0.328 e. The Morgan fingerprint density at radius 2 is 2.12 bits per heavy atom. The molecule has 0 radical (unpaired) electrons. The molecule has 1 aliphatic rings. The Hall–Kier alpha value is -2.00. The summed E-state index contributed by atoms with van der Waals surface area (Å²) in [6.45, 7) is 3.57. The molecule has 1 heterocycles. The van der Waals surface area contributed by atoms with Crippen LogP contribution in [0.4, 0.5) is 4.79 Å². The van der Waals surface area contributed by atoms with Crippen LogP contribution in [0.25, 0.3) is 6.08 Å². The van der Waals surface area contributed by atoms with Gasteiger partial charge in [0.25, 0.3) is 11.1 Å². The molecule has 2 amide bonds. The van der Waals surface area contributed by atoms with Gasteiger partial charge in [0.15, 0.2) is 11.5 Å². The second-order valence-corrected chi connectivity index (χ2v) is 6.87. The first-order valence-electron chi connectivity index (χ1n) is 7.30. The zero-order valence-corrected chi connectivity index (χ0v) is 16.1. The third-order valence-electron chi connectivity index (χ3n) is 3.42. The molecule has 2 rings (SSSR count). The molecular weight excluding hydrogens is 414 g/mol. The highest BCUT2D eigenvalue weighted by molar-refractivity contribution is 9.10. The average molecular weight is 430 g/mol. The fourth-order valence-electron chi connectivity index (χ4n) is 2.17. The molecule has 0 aromatic heterocycles. The van der Waals surface area contributed by atoms with E-state index in [0.717, 1.165) is 16.7 Å². The van der Waals surface area contributed by atoms with Crippen molar-refractivity contribution in [2.45, 2.75) is 19.9 Å². The Bertz CT molecular complexity index is 763. The number of ether oxygens (including phenoxy) is 2. The lowest BCUT2D eigenvalue weighted by Gasteiger charge is -2.18. The fraction of sp³-hybridized carbons (Fsp3) is 0.312. The van der Waals surface area contributed by atoms with Gasteiger partial charge in [0.2, 0.25) is 0 Å². The number of carbonyl (C=O) groups excluding carboxylic acids is 3. The topological polar surface area (TPSA) is 93.1 Å². The summed E-state index contributed by atoms with van der Waals surface area (Å²) in [5.41, 5.74) is 0.553. The zero-order valence-electron chi connectivity index (χ0n) is 13.7. The molecule has 25 heavy (non-hydrogen) atoms. The maximum Gasteiger partial charge on any atom is 0.328 e. The maximum absolute atomic E-state index is 12.5. The normalized spacial score (nSPS) is 17.1. The van der Waals surface area contributed by atoms with Gasteiger partial charge in [0.1, 0.15) is 6.04 Å². The summed E-state index contributed by atoms with van der Waals surface area (Å²) in [5.74, 6) is -1.03. The molecular formula is C16H16BrNO6S. The molecule has 0 spiro atoms. The summed E-state index contributed by atoms with van der Waals surface area (Å²) in [4.78, 5) is 37.2. The first-order chi connectivity index (χ1) is 11.8. The van der Waals surface area contributed by atoms with Gasteiger partial charge in [-0.15, -0.1) is 0 Å². The summed E-state index contributed by atoms with van der Waals surface area (Å²) in [6, 6.07) is 1.99. The van der Waals surface area contributed by atoms with Gasteiger partial charge >= 0.3 is 5.97 Å². The molecule has 0 saturated carbocycles. The minimum atomic E-state index is -1.01. The van der Waals surface area contributed by atoms with Crippen LogP contribution in [0, 0.1) is 0 Å². The largest absolute Gasteiger partial charge is 0.504 e. The van der Waals surface area contributed by atoms with Crippen LogP contribution >= 0.6 is 27.7 Å². The van der Waals surface area contributed by atoms with Crippen molar-refractivity contribution in [2.24, 2.45) is 0 Å². The lowest BCUT2D eigenvalue weighted by Crippen LogP contribution is -2.42. The molecule has 1 aromatic rings. The number of nitrogens with zero attached hydrogens (tertiary/aromatic N) is 1. The zero-order chi connectivity index (χ0) is 18.7. The fourth-order valence-corrected chi connectivity index (χ4v) is 3.52. The summed E-state index contributed by atoms with van der Waals surface area (Å²) >= 11 is 4.03. The van der Waals surface area contributed by atoms with Gasteiger partial charge in [0.05, 0.1) is 18.6 Å². The number of carbonyl (C=O) groups is 3. The van der Waals surface area contributed by atoms with Crippen LogP contribution in [0.1, 0.15) is 19.4 Å². The Labute approximate surface area is 157 Å². The lowest BCUT2D eigenvalue weighted by molar-refractivity contribution is -0.148. The maximum atomic E-state index is 12.5. The van der Waals surface area contributed by atoms with Crippen molar-refractivity contribution < 1.29 is 29.0 Å². The summed E-state index contributed by atoms with van der Waals surface area (Å²) in [6.07, 6.45) is 1.50. The van der Waals surface area contributed by atoms with Gasteiger partial charge in [0, 0.05) is 4.47 Å². The van der Waals surface area contributed by atoms with Crippen LogP contribution in [0.15, 0.2) is 21.5 Å². The number of hydrogen-bond donors (Lipinski definition) is 1. The number of esters is 1. The van der Waals surface area contributed by atoms with E-state index in [4.69, 9.17) is 4.74 Å². The van der Waals surface area contributed by atoms with Gasteiger partial charge in [-0.3, -0.25) is 14.5 Å². The monoisotopic (exact) mass is 429 g/mol. The van der Waals surface area contributed by atoms with Crippen LogP contribution in [-0.2, 0) is 14.3 Å². The predicted octanol–water partition coefficient (Wildman–Crippen LogP) is 3.15. The van der Waals surface area contributed by atoms with Crippen molar-refractivity contribution >= 4 is 50.9 Å². The Kier molecular flexibility index (Phi) is 6.12. The van der Waals surface area contributed by atoms with Crippen LogP contribution in [-0.4, -0.2) is 46.9 Å². The van der Waals surface area contributed by atoms with E-state index in [2.05, 4.69) is 20.7 Å². The van der Waals surface area contributed by atoms with E-state index < -0.39 is 23.2 Å². The number of amides is 2. The first kappa shape index (κ1) is 19.3. The number of phenolic OH excluding ortho intramolecular Hbond substituents is 1. The summed E-state index contributed by atoms with van der Waals surface area (Å²) in [5, 5.41) is 9.30. The van der Waals surface area contributed by atoms with Crippen molar-refractivity contribution in [2.75, 3.05) is 13.7 Å². The molecule has 0 aliphatic carbocycles. The van der Waals surface area contributed by atoms with Crippen LogP contribution < -0.4 is 4.74 Å². The van der Waals surface area contributed by atoms with Gasteiger partial charge in [-0.05, 0) is 49.4 Å². The number of thioether (sulfide) groups is 1. The minimum absolute atomic E-state index is 0.0432. The third kappa shape index (κ3) is 3.98. The van der Waals surface area contributed by atoms with Crippen molar-refractivity contribution in [3.8, 4) is 11.5 Å². The molecule has 1 fully saturated rings. The second kappa shape index (κ2) is 7.92. The molecule has 1 N–H and O–H groups in total. The van der Waals surface area contributed by atoms with Gasteiger partial charge in [-0.1, -0.05) is 15.9 Å². The second-order valence-electron chi connectivity index (χ2n) is 5.03. The Morgan fingerprint density at radius 3 is 2.72 bits per heavy atom. The lowest BCUT2D eigenvalue weighted by atomic mass is 10.1. The molecule has 7 nitrogen and oxygen atoms in total. The molecule has 1 atom stereocenters.